The van der Waals surface area contributed by atoms with E-state index in [4.69, 9.17) is 28.5 Å². The summed E-state index contributed by atoms with van der Waals surface area (Å²) in [6.45, 7) is 0.715. The van der Waals surface area contributed by atoms with Crippen LogP contribution in [0.2, 0.25) is 10.0 Å². The van der Waals surface area contributed by atoms with Gasteiger partial charge < -0.3 is 0 Å². The minimum Gasteiger partial charge on any atom is -0.285 e. The molecule has 0 aliphatic heterocycles. The van der Waals surface area contributed by atoms with E-state index in [1.807, 2.05) is 0 Å². The molecule has 4 nitrogen and oxygen atoms in total. The van der Waals surface area contributed by atoms with Gasteiger partial charge in [0, 0.05) is 5.69 Å². The molecular weight excluding hydrogens is 464 g/mol. The van der Waals surface area contributed by atoms with E-state index in [1.54, 1.807) is 0 Å². The number of alkyl halides is 6. The van der Waals surface area contributed by atoms with Crippen molar-refractivity contribution < 1.29 is 39.2 Å². The predicted octanol–water partition coefficient (Wildman–Crippen LogP) is 5.42. The van der Waals surface area contributed by atoms with Crippen molar-refractivity contribution in [3.05, 3.63) is 44.9 Å². The molecule has 2 aromatic rings. The lowest BCUT2D eigenvalue weighted by Gasteiger charge is -2.15. The maximum absolute atomic E-state index is 14.6. The first kappa shape index (κ1) is 22.3. The van der Waals surface area contributed by atoms with Crippen LogP contribution < -0.4 is 0 Å². The monoisotopic (exact) mass is 468 g/mol. The minimum absolute atomic E-state index is 0.141. The Morgan fingerprint density at radius 1 is 1.07 bits per heavy atom. The summed E-state index contributed by atoms with van der Waals surface area (Å²) in [4.78, 5) is -1.69. The number of nitrogens with zero attached hydrogens (tertiary/aromatic N) is 2. The van der Waals surface area contributed by atoms with Crippen molar-refractivity contribution in [1.82, 2.24) is 4.57 Å². The first-order valence-electron chi connectivity index (χ1n) is 6.74. The van der Waals surface area contributed by atoms with Gasteiger partial charge in [-0.2, -0.15) is 36.0 Å². The topological polar surface area (TPSA) is 62.9 Å². The molecule has 0 aliphatic carbocycles. The standard InChI is InChI=1S/C14H5Cl2F7N2O2S/c1-5-11(28(26,27)14(21,22)23)7(4-24)12(17)25(5)10-8(15)2-6(3-9(10)16)13(18,19)20/h2-3H,1H3. The summed E-state index contributed by atoms with van der Waals surface area (Å²) in [7, 11) is -6.17. The Morgan fingerprint density at radius 3 is 1.89 bits per heavy atom. The summed E-state index contributed by atoms with van der Waals surface area (Å²) in [6.07, 6.45) is -4.89. The number of aromatic nitrogens is 1. The zero-order valence-electron chi connectivity index (χ0n) is 13.2. The first-order valence-corrected chi connectivity index (χ1v) is 8.98. The number of rotatable bonds is 2. The number of hydrogen-bond donors (Lipinski definition) is 0. The largest absolute Gasteiger partial charge is 0.502 e. The lowest BCUT2D eigenvalue weighted by Crippen LogP contribution is -2.24. The van der Waals surface area contributed by atoms with Crippen molar-refractivity contribution in [1.29, 1.82) is 5.26 Å². The van der Waals surface area contributed by atoms with Gasteiger partial charge in [-0.1, -0.05) is 23.2 Å². The number of nitriles is 1. The van der Waals surface area contributed by atoms with Crippen LogP contribution in [0.4, 0.5) is 30.7 Å². The highest BCUT2D eigenvalue weighted by molar-refractivity contribution is 7.92. The van der Waals surface area contributed by atoms with Gasteiger partial charge >= 0.3 is 11.7 Å². The molecule has 0 aliphatic rings. The zero-order valence-corrected chi connectivity index (χ0v) is 15.5. The van der Waals surface area contributed by atoms with E-state index in [9.17, 15) is 39.2 Å². The Morgan fingerprint density at radius 2 is 1.54 bits per heavy atom. The molecule has 0 spiro atoms. The second-order valence-electron chi connectivity index (χ2n) is 5.26. The van der Waals surface area contributed by atoms with Crippen molar-refractivity contribution in [3.8, 4) is 11.8 Å². The molecule has 1 aromatic heterocycles. The molecular formula is C14H5Cl2F7N2O2S. The average Bonchev–Trinajstić information content (AvgIpc) is 2.76. The van der Waals surface area contributed by atoms with E-state index in [0.717, 1.165) is 6.07 Å². The summed E-state index contributed by atoms with van der Waals surface area (Å²) in [6, 6.07) is 1.66. The lowest BCUT2D eigenvalue weighted by atomic mass is 10.2. The second-order valence-corrected chi connectivity index (χ2v) is 7.96. The third kappa shape index (κ3) is 3.42. The number of halogens is 9. The molecule has 0 saturated carbocycles. The molecule has 0 amide bonds. The second kappa shape index (κ2) is 6.82. The van der Waals surface area contributed by atoms with Crippen molar-refractivity contribution in [2.75, 3.05) is 0 Å². The van der Waals surface area contributed by atoms with Crippen LogP contribution in [0.15, 0.2) is 17.0 Å². The molecule has 0 saturated heterocycles. The van der Waals surface area contributed by atoms with E-state index in [-0.39, 0.29) is 4.57 Å². The highest BCUT2D eigenvalue weighted by Gasteiger charge is 2.51. The molecule has 28 heavy (non-hydrogen) atoms. The quantitative estimate of drug-likeness (QED) is 0.553. The van der Waals surface area contributed by atoms with Crippen LogP contribution >= 0.6 is 23.2 Å². The highest BCUT2D eigenvalue weighted by Crippen LogP contribution is 2.42. The van der Waals surface area contributed by atoms with Gasteiger partial charge in [0.25, 0.3) is 9.84 Å². The molecule has 2 rings (SSSR count). The summed E-state index contributed by atoms with van der Waals surface area (Å²) in [5.74, 6) is -1.79. The molecule has 0 N–H and O–H groups in total. The van der Waals surface area contributed by atoms with E-state index in [1.165, 1.54) is 0 Å². The van der Waals surface area contributed by atoms with E-state index in [0.29, 0.717) is 19.1 Å². The Balaban J connectivity index is 2.94. The van der Waals surface area contributed by atoms with Gasteiger partial charge in [0.2, 0.25) is 5.95 Å². The summed E-state index contributed by atoms with van der Waals surface area (Å²) >= 11 is 11.4. The average molecular weight is 469 g/mol. The SMILES string of the molecule is Cc1c(S(=O)(=O)C(F)(F)F)c(C#N)c(F)n1-c1c(Cl)cc(C(F)(F)F)cc1Cl. The smallest absolute Gasteiger partial charge is 0.285 e. The van der Waals surface area contributed by atoms with Gasteiger partial charge in [-0.15, -0.1) is 0 Å². The van der Waals surface area contributed by atoms with Gasteiger partial charge in [0.05, 0.1) is 21.3 Å². The summed E-state index contributed by atoms with van der Waals surface area (Å²) in [5, 5.41) is 7.28. The highest BCUT2D eigenvalue weighted by atomic mass is 35.5. The number of benzene rings is 1. The summed E-state index contributed by atoms with van der Waals surface area (Å²) < 4.78 is 115. The predicted molar refractivity (Wildman–Crippen MR) is 83.4 cm³/mol. The van der Waals surface area contributed by atoms with E-state index >= 15 is 0 Å². The van der Waals surface area contributed by atoms with Crippen molar-refractivity contribution >= 4 is 33.0 Å². The Labute approximate surface area is 162 Å². The van der Waals surface area contributed by atoms with E-state index < -0.39 is 64.9 Å². The van der Waals surface area contributed by atoms with Gasteiger partial charge in [-0.25, -0.2) is 8.42 Å². The zero-order chi connectivity index (χ0) is 21.8. The molecule has 14 heteroatoms. The Hall–Kier alpha value is -1.97. The van der Waals surface area contributed by atoms with Crippen molar-refractivity contribution in [2.24, 2.45) is 0 Å². The molecule has 0 atom stereocenters. The normalized spacial score (nSPS) is 12.9. The molecule has 1 aromatic carbocycles. The van der Waals surface area contributed by atoms with Gasteiger partial charge in [0.15, 0.2) is 0 Å². The fourth-order valence-corrected chi connectivity index (χ4v) is 4.15. The van der Waals surface area contributed by atoms with Crippen LogP contribution in [-0.2, 0) is 16.0 Å². The maximum atomic E-state index is 14.6. The molecule has 1 heterocycles. The Bertz CT molecular complexity index is 1090. The third-order valence-electron chi connectivity index (χ3n) is 3.55. The number of sulfone groups is 1. The van der Waals surface area contributed by atoms with Crippen LogP contribution in [0.25, 0.3) is 5.69 Å². The van der Waals surface area contributed by atoms with Crippen LogP contribution in [0.3, 0.4) is 0 Å². The maximum Gasteiger partial charge on any atom is 0.502 e. The molecule has 0 unspecified atom stereocenters. The molecule has 152 valence electrons. The van der Waals surface area contributed by atoms with Crippen molar-refractivity contribution in [3.63, 3.8) is 0 Å². The van der Waals surface area contributed by atoms with Gasteiger partial charge in [0.1, 0.15) is 16.5 Å². The van der Waals surface area contributed by atoms with Gasteiger partial charge in [-0.05, 0) is 19.1 Å². The van der Waals surface area contributed by atoms with Crippen LogP contribution in [0.5, 0.6) is 0 Å². The van der Waals surface area contributed by atoms with Gasteiger partial charge in [-0.3, -0.25) is 4.57 Å². The third-order valence-corrected chi connectivity index (χ3v) is 5.77. The minimum atomic E-state index is -6.17. The fourth-order valence-electron chi connectivity index (χ4n) is 2.39. The Kier molecular flexibility index (Phi) is 5.44. The van der Waals surface area contributed by atoms with Crippen LogP contribution in [0.1, 0.15) is 16.8 Å². The summed E-state index contributed by atoms with van der Waals surface area (Å²) in [5.41, 5.74) is -10.4. The van der Waals surface area contributed by atoms with Crippen molar-refractivity contribution in [2.45, 2.75) is 23.5 Å². The van der Waals surface area contributed by atoms with E-state index in [2.05, 4.69) is 0 Å². The first-order chi connectivity index (χ1) is 12.6. The number of hydrogen-bond acceptors (Lipinski definition) is 3. The van der Waals surface area contributed by atoms with Crippen LogP contribution in [0, 0.1) is 24.2 Å². The van der Waals surface area contributed by atoms with Crippen LogP contribution in [-0.4, -0.2) is 18.5 Å². The molecule has 0 fully saturated rings. The lowest BCUT2D eigenvalue weighted by molar-refractivity contribution is -0.137. The molecule has 0 radical (unpaired) electrons. The molecule has 0 bridgehead atoms. The fraction of sp³-hybridized carbons (Fsp3) is 0.214.